The second-order valence-corrected chi connectivity index (χ2v) is 3.03. The van der Waals surface area contributed by atoms with E-state index in [1.807, 2.05) is 5.32 Å². The van der Waals surface area contributed by atoms with Gasteiger partial charge in [-0.3, -0.25) is 14.9 Å². The molecule has 0 heterocycles. The Hall–Kier alpha value is -2.25. The maximum Gasteiger partial charge on any atom is 0.311 e. The number of alkyl halides is 2. The van der Waals surface area contributed by atoms with Crippen LogP contribution in [0, 0.1) is 10.1 Å². The van der Waals surface area contributed by atoms with Crippen LogP contribution >= 0.6 is 0 Å². The molecule has 0 radical (unpaired) electrons. The molecular weight excluding hydrogens is 238 g/mol. The Morgan fingerprint density at radius 3 is 2.71 bits per heavy atom. The van der Waals surface area contributed by atoms with Gasteiger partial charge in [-0.25, -0.2) is 8.78 Å². The van der Waals surface area contributed by atoms with Gasteiger partial charge in [0.2, 0.25) is 5.75 Å². The van der Waals surface area contributed by atoms with Crippen molar-refractivity contribution >= 4 is 11.6 Å². The van der Waals surface area contributed by atoms with Crippen molar-refractivity contribution in [3.05, 3.63) is 33.9 Å². The van der Waals surface area contributed by atoms with E-state index in [1.165, 1.54) is 6.07 Å². The van der Waals surface area contributed by atoms with Crippen molar-refractivity contribution < 1.29 is 23.6 Å². The van der Waals surface area contributed by atoms with E-state index in [0.717, 1.165) is 12.1 Å². The molecule has 0 saturated carbocycles. The van der Waals surface area contributed by atoms with Gasteiger partial charge in [-0.2, -0.15) is 0 Å². The zero-order chi connectivity index (χ0) is 13.0. The smallest absolute Gasteiger partial charge is 0.311 e. The molecule has 92 valence electrons. The van der Waals surface area contributed by atoms with Gasteiger partial charge in [0.1, 0.15) is 0 Å². The van der Waals surface area contributed by atoms with E-state index in [4.69, 9.17) is 0 Å². The Morgan fingerprint density at radius 1 is 1.53 bits per heavy atom. The molecule has 0 bridgehead atoms. The van der Waals surface area contributed by atoms with Crippen molar-refractivity contribution in [1.82, 2.24) is 5.32 Å². The number of para-hydroxylation sites is 1. The summed E-state index contributed by atoms with van der Waals surface area (Å²) in [5.74, 6) is -1.84. The Bertz CT molecular complexity index is 451. The van der Waals surface area contributed by atoms with Crippen molar-refractivity contribution in [2.24, 2.45) is 0 Å². The molecule has 0 saturated heterocycles. The summed E-state index contributed by atoms with van der Waals surface area (Å²) in [5, 5.41) is 21.7. The second kappa shape index (κ2) is 5.19. The highest BCUT2D eigenvalue weighted by Crippen LogP contribution is 2.28. The molecule has 0 aromatic heterocycles. The van der Waals surface area contributed by atoms with Crippen molar-refractivity contribution in [3.63, 3.8) is 0 Å². The van der Waals surface area contributed by atoms with Gasteiger partial charge in [0.25, 0.3) is 12.3 Å². The summed E-state index contributed by atoms with van der Waals surface area (Å²) in [6, 6.07) is 3.28. The largest absolute Gasteiger partial charge is 0.502 e. The van der Waals surface area contributed by atoms with Gasteiger partial charge in [-0.1, -0.05) is 6.07 Å². The molecule has 8 heteroatoms. The van der Waals surface area contributed by atoms with Crippen molar-refractivity contribution in [2.75, 3.05) is 6.54 Å². The minimum atomic E-state index is -2.74. The van der Waals surface area contributed by atoms with Gasteiger partial charge in [0.05, 0.1) is 17.0 Å². The van der Waals surface area contributed by atoms with Crippen molar-refractivity contribution in [3.8, 4) is 5.75 Å². The maximum atomic E-state index is 11.8. The van der Waals surface area contributed by atoms with Crippen molar-refractivity contribution in [2.45, 2.75) is 6.43 Å². The van der Waals surface area contributed by atoms with Crippen LogP contribution in [0.2, 0.25) is 0 Å². The summed E-state index contributed by atoms with van der Waals surface area (Å²) >= 11 is 0. The molecule has 17 heavy (non-hydrogen) atoms. The Balaban J connectivity index is 2.95. The lowest BCUT2D eigenvalue weighted by molar-refractivity contribution is -0.385. The fourth-order valence-electron chi connectivity index (χ4n) is 1.13. The highest BCUT2D eigenvalue weighted by atomic mass is 19.3. The summed E-state index contributed by atoms with van der Waals surface area (Å²) in [7, 11) is 0. The monoisotopic (exact) mass is 246 g/mol. The minimum absolute atomic E-state index is 0.417. The highest BCUT2D eigenvalue weighted by Gasteiger charge is 2.21. The van der Waals surface area contributed by atoms with Crippen LogP contribution in [0.15, 0.2) is 18.2 Å². The van der Waals surface area contributed by atoms with Gasteiger partial charge < -0.3 is 10.4 Å². The average molecular weight is 246 g/mol. The average Bonchev–Trinajstić information content (AvgIpc) is 2.25. The van der Waals surface area contributed by atoms with E-state index in [0.29, 0.717) is 0 Å². The number of nitro benzene ring substituents is 1. The topological polar surface area (TPSA) is 92.5 Å². The number of nitro groups is 1. The Morgan fingerprint density at radius 2 is 2.18 bits per heavy atom. The van der Waals surface area contributed by atoms with E-state index < -0.39 is 40.8 Å². The molecule has 6 nitrogen and oxygen atoms in total. The molecule has 1 aromatic carbocycles. The number of nitrogens with zero attached hydrogens (tertiary/aromatic N) is 1. The van der Waals surface area contributed by atoms with Crippen LogP contribution in [0.25, 0.3) is 0 Å². The van der Waals surface area contributed by atoms with Crippen LogP contribution in [0.1, 0.15) is 10.4 Å². The Kier molecular flexibility index (Phi) is 3.91. The molecule has 0 aliphatic carbocycles. The molecule has 0 unspecified atom stereocenters. The summed E-state index contributed by atoms with van der Waals surface area (Å²) in [5.41, 5.74) is -1.07. The van der Waals surface area contributed by atoms with Crippen LogP contribution in [0.5, 0.6) is 5.75 Å². The molecule has 0 aliphatic heterocycles. The number of carbonyl (C=O) groups excluding carboxylic acids is 1. The van der Waals surface area contributed by atoms with E-state index in [1.54, 1.807) is 0 Å². The maximum absolute atomic E-state index is 11.8. The molecule has 0 fully saturated rings. The number of rotatable bonds is 4. The van der Waals surface area contributed by atoms with E-state index in [9.17, 15) is 28.8 Å². The van der Waals surface area contributed by atoms with Crippen LogP contribution in [-0.2, 0) is 0 Å². The first-order valence-corrected chi connectivity index (χ1v) is 4.46. The molecule has 1 aromatic rings. The number of phenols is 1. The number of halogens is 2. The number of phenolic OH excluding ortho intramolecular Hbond substituents is 1. The fraction of sp³-hybridized carbons (Fsp3) is 0.222. The quantitative estimate of drug-likeness (QED) is 0.618. The standard InChI is InChI=1S/C9H8F2N2O4/c10-7(11)4-12-9(15)5-2-1-3-6(8(5)14)13(16)17/h1-3,7,14H,4H2,(H,12,15). The lowest BCUT2D eigenvalue weighted by Gasteiger charge is -2.06. The molecule has 1 amide bonds. The SMILES string of the molecule is O=C(NCC(F)F)c1cccc([N+](=O)[O-])c1O. The van der Waals surface area contributed by atoms with Crippen LogP contribution < -0.4 is 5.32 Å². The van der Waals surface area contributed by atoms with Crippen LogP contribution in [-0.4, -0.2) is 28.9 Å². The zero-order valence-electron chi connectivity index (χ0n) is 8.39. The van der Waals surface area contributed by atoms with Crippen LogP contribution in [0.4, 0.5) is 14.5 Å². The highest BCUT2D eigenvalue weighted by molar-refractivity contribution is 5.98. The first-order valence-electron chi connectivity index (χ1n) is 4.46. The minimum Gasteiger partial charge on any atom is -0.502 e. The number of aromatic hydroxyl groups is 1. The van der Waals surface area contributed by atoms with Gasteiger partial charge >= 0.3 is 5.69 Å². The lowest BCUT2D eigenvalue weighted by Crippen LogP contribution is -2.28. The molecule has 2 N–H and O–H groups in total. The fourth-order valence-corrected chi connectivity index (χ4v) is 1.13. The predicted octanol–water partition coefficient (Wildman–Crippen LogP) is 1.30. The van der Waals surface area contributed by atoms with E-state index >= 15 is 0 Å². The third kappa shape index (κ3) is 3.10. The summed E-state index contributed by atoms with van der Waals surface area (Å²) in [4.78, 5) is 20.9. The van der Waals surface area contributed by atoms with E-state index in [2.05, 4.69) is 0 Å². The number of amides is 1. The number of carbonyl (C=O) groups is 1. The third-order valence-corrected chi connectivity index (χ3v) is 1.87. The predicted molar refractivity (Wildman–Crippen MR) is 53.1 cm³/mol. The van der Waals surface area contributed by atoms with Gasteiger partial charge in [-0.15, -0.1) is 0 Å². The lowest BCUT2D eigenvalue weighted by atomic mass is 10.1. The number of hydrogen-bond donors (Lipinski definition) is 2. The number of benzene rings is 1. The molecule has 0 atom stereocenters. The van der Waals surface area contributed by atoms with Gasteiger partial charge in [0.15, 0.2) is 0 Å². The van der Waals surface area contributed by atoms with Gasteiger partial charge in [0, 0.05) is 6.07 Å². The molecule has 0 aliphatic rings. The number of nitrogens with one attached hydrogen (secondary N) is 1. The first-order chi connectivity index (χ1) is 7.93. The molecule has 0 spiro atoms. The van der Waals surface area contributed by atoms with Gasteiger partial charge in [-0.05, 0) is 6.07 Å². The summed E-state index contributed by atoms with van der Waals surface area (Å²) < 4.78 is 23.7. The number of hydrogen-bond acceptors (Lipinski definition) is 4. The zero-order valence-corrected chi connectivity index (χ0v) is 8.39. The third-order valence-electron chi connectivity index (χ3n) is 1.87. The Labute approximate surface area is 94.0 Å². The van der Waals surface area contributed by atoms with Crippen molar-refractivity contribution in [1.29, 1.82) is 0 Å². The first kappa shape index (κ1) is 12.8. The summed E-state index contributed by atoms with van der Waals surface area (Å²) in [6.07, 6.45) is -2.74. The molecule has 1 rings (SSSR count). The van der Waals surface area contributed by atoms with E-state index in [-0.39, 0.29) is 0 Å². The second-order valence-electron chi connectivity index (χ2n) is 3.03. The van der Waals surface area contributed by atoms with Crippen LogP contribution in [0.3, 0.4) is 0 Å². The molecular formula is C9H8F2N2O4. The summed E-state index contributed by atoms with van der Waals surface area (Å²) in [6.45, 7) is -0.888. The normalized spacial score (nSPS) is 10.3.